The second-order valence-corrected chi connectivity index (χ2v) is 6.07. The minimum Gasteiger partial charge on any atom is -0.508 e. The summed E-state index contributed by atoms with van der Waals surface area (Å²) in [7, 11) is 0. The normalized spacial score (nSPS) is 11.1. The first-order chi connectivity index (χ1) is 10.2. The number of halogens is 1. The third kappa shape index (κ3) is 2.95. The van der Waals surface area contributed by atoms with Crippen molar-refractivity contribution in [3.8, 4) is 5.75 Å². The van der Waals surface area contributed by atoms with Crippen LogP contribution in [0.3, 0.4) is 0 Å². The topological polar surface area (TPSA) is 38.0 Å². The third-order valence-corrected chi connectivity index (χ3v) is 4.03. The zero-order valence-corrected chi connectivity index (χ0v) is 13.5. The van der Waals surface area contributed by atoms with Gasteiger partial charge in [-0.25, -0.2) is 4.98 Å². The van der Waals surface area contributed by atoms with Gasteiger partial charge in [-0.1, -0.05) is 35.0 Å². The summed E-state index contributed by atoms with van der Waals surface area (Å²) >= 11 is 3.50. The molecule has 0 unspecified atom stereocenters. The minimum absolute atomic E-state index is 0.296. The highest BCUT2D eigenvalue weighted by Crippen LogP contribution is 2.23. The van der Waals surface area contributed by atoms with Gasteiger partial charge in [-0.15, -0.1) is 0 Å². The molecular weight excluding hydrogens is 328 g/mol. The number of rotatable bonds is 4. The molecule has 1 aromatic heterocycles. The molecule has 21 heavy (non-hydrogen) atoms. The van der Waals surface area contributed by atoms with Crippen LogP contribution in [0.25, 0.3) is 11.0 Å². The third-order valence-electron chi connectivity index (χ3n) is 3.54. The number of aryl methyl sites for hydroxylation is 1. The van der Waals surface area contributed by atoms with Crippen molar-refractivity contribution >= 4 is 27.0 Å². The van der Waals surface area contributed by atoms with E-state index in [2.05, 4.69) is 45.6 Å². The van der Waals surface area contributed by atoms with Gasteiger partial charge in [0.15, 0.2) is 0 Å². The summed E-state index contributed by atoms with van der Waals surface area (Å²) in [6, 6.07) is 13.6. The first kappa shape index (κ1) is 14.1. The van der Waals surface area contributed by atoms with Gasteiger partial charge in [-0.3, -0.25) is 0 Å². The van der Waals surface area contributed by atoms with Crippen LogP contribution in [0.2, 0.25) is 0 Å². The number of aromatic hydroxyl groups is 1. The SMILES string of the molecule is CCCn1c(Cc2ccc(O)cc2)nc2cc(Br)ccc21. The van der Waals surface area contributed by atoms with Crippen molar-refractivity contribution in [2.45, 2.75) is 26.3 Å². The maximum atomic E-state index is 9.38. The van der Waals surface area contributed by atoms with Crippen LogP contribution in [-0.4, -0.2) is 14.7 Å². The number of aromatic nitrogens is 2. The van der Waals surface area contributed by atoms with E-state index in [0.29, 0.717) is 5.75 Å². The molecule has 0 aliphatic rings. The average molecular weight is 345 g/mol. The molecular formula is C17H17BrN2O. The second kappa shape index (κ2) is 5.90. The summed E-state index contributed by atoms with van der Waals surface area (Å²) in [6.07, 6.45) is 1.84. The highest BCUT2D eigenvalue weighted by atomic mass is 79.9. The maximum absolute atomic E-state index is 9.38. The number of phenols is 1. The van der Waals surface area contributed by atoms with E-state index in [-0.39, 0.29) is 0 Å². The Morgan fingerprint density at radius 3 is 2.62 bits per heavy atom. The zero-order valence-electron chi connectivity index (χ0n) is 11.9. The fraction of sp³-hybridized carbons (Fsp3) is 0.235. The quantitative estimate of drug-likeness (QED) is 0.756. The molecule has 4 heteroatoms. The molecule has 0 bridgehead atoms. The molecule has 1 N–H and O–H groups in total. The minimum atomic E-state index is 0.296. The number of phenolic OH excluding ortho intramolecular Hbond substituents is 1. The monoisotopic (exact) mass is 344 g/mol. The Kier molecular flexibility index (Phi) is 3.97. The summed E-state index contributed by atoms with van der Waals surface area (Å²) in [4.78, 5) is 4.78. The van der Waals surface area contributed by atoms with Crippen molar-refractivity contribution in [3.05, 3.63) is 58.3 Å². The van der Waals surface area contributed by atoms with Gasteiger partial charge in [0.05, 0.1) is 11.0 Å². The largest absolute Gasteiger partial charge is 0.508 e. The molecule has 0 saturated carbocycles. The molecule has 0 amide bonds. The van der Waals surface area contributed by atoms with Crippen molar-refractivity contribution < 1.29 is 5.11 Å². The van der Waals surface area contributed by atoms with Crippen molar-refractivity contribution in [2.75, 3.05) is 0 Å². The second-order valence-electron chi connectivity index (χ2n) is 5.16. The molecule has 0 saturated heterocycles. The Bertz CT molecular complexity index is 762. The molecule has 0 atom stereocenters. The van der Waals surface area contributed by atoms with Gasteiger partial charge in [0.2, 0.25) is 0 Å². The van der Waals surface area contributed by atoms with Gasteiger partial charge >= 0.3 is 0 Å². The predicted molar refractivity (Wildman–Crippen MR) is 88.6 cm³/mol. The van der Waals surface area contributed by atoms with Crippen molar-refractivity contribution in [2.24, 2.45) is 0 Å². The first-order valence-electron chi connectivity index (χ1n) is 7.10. The van der Waals surface area contributed by atoms with Crippen LogP contribution in [0.4, 0.5) is 0 Å². The highest BCUT2D eigenvalue weighted by molar-refractivity contribution is 9.10. The predicted octanol–water partition coefficient (Wildman–Crippen LogP) is 4.51. The lowest BCUT2D eigenvalue weighted by Gasteiger charge is -2.08. The summed E-state index contributed by atoms with van der Waals surface area (Å²) in [5.41, 5.74) is 3.35. The Morgan fingerprint density at radius 1 is 1.14 bits per heavy atom. The number of imidazole rings is 1. The number of benzene rings is 2. The molecule has 1 heterocycles. The number of nitrogens with zero attached hydrogens (tertiary/aromatic N) is 2. The molecule has 0 aliphatic carbocycles. The van der Waals surface area contributed by atoms with Gasteiger partial charge < -0.3 is 9.67 Å². The fourth-order valence-corrected chi connectivity index (χ4v) is 2.91. The van der Waals surface area contributed by atoms with E-state index in [1.165, 1.54) is 5.52 Å². The standard InChI is InChI=1S/C17H17BrN2O/c1-2-9-20-16-8-5-13(18)11-15(16)19-17(20)10-12-3-6-14(21)7-4-12/h3-8,11,21H,2,9-10H2,1H3. The van der Waals surface area contributed by atoms with Crippen LogP contribution in [0, 0.1) is 0 Å². The number of hydrogen-bond acceptors (Lipinski definition) is 2. The molecule has 0 radical (unpaired) electrons. The van der Waals surface area contributed by atoms with E-state index < -0.39 is 0 Å². The van der Waals surface area contributed by atoms with Crippen LogP contribution >= 0.6 is 15.9 Å². The number of hydrogen-bond donors (Lipinski definition) is 1. The van der Waals surface area contributed by atoms with E-state index in [1.54, 1.807) is 12.1 Å². The van der Waals surface area contributed by atoms with E-state index >= 15 is 0 Å². The molecule has 0 fully saturated rings. The average Bonchev–Trinajstić information content (AvgIpc) is 2.79. The van der Waals surface area contributed by atoms with E-state index in [4.69, 9.17) is 4.98 Å². The van der Waals surface area contributed by atoms with E-state index in [0.717, 1.165) is 40.8 Å². The Hall–Kier alpha value is -1.81. The maximum Gasteiger partial charge on any atom is 0.115 e. The van der Waals surface area contributed by atoms with Gasteiger partial charge in [-0.05, 0) is 42.3 Å². The van der Waals surface area contributed by atoms with Crippen LogP contribution in [0.1, 0.15) is 24.7 Å². The van der Waals surface area contributed by atoms with E-state index in [1.807, 2.05) is 12.1 Å². The fourth-order valence-electron chi connectivity index (χ4n) is 2.56. The Morgan fingerprint density at radius 2 is 1.90 bits per heavy atom. The zero-order chi connectivity index (χ0) is 14.8. The van der Waals surface area contributed by atoms with Crippen LogP contribution < -0.4 is 0 Å². The Labute approximate surface area is 132 Å². The van der Waals surface area contributed by atoms with Crippen LogP contribution in [0.5, 0.6) is 5.75 Å². The van der Waals surface area contributed by atoms with Crippen molar-refractivity contribution in [1.82, 2.24) is 9.55 Å². The molecule has 0 aliphatic heterocycles. The molecule has 108 valence electrons. The van der Waals surface area contributed by atoms with Gasteiger partial charge in [0.1, 0.15) is 11.6 Å². The van der Waals surface area contributed by atoms with E-state index in [9.17, 15) is 5.11 Å². The highest BCUT2D eigenvalue weighted by Gasteiger charge is 2.11. The molecule has 2 aromatic carbocycles. The molecule has 3 rings (SSSR count). The summed E-state index contributed by atoms with van der Waals surface area (Å²) < 4.78 is 3.33. The molecule has 0 spiro atoms. The van der Waals surface area contributed by atoms with Crippen molar-refractivity contribution in [1.29, 1.82) is 0 Å². The lowest BCUT2D eigenvalue weighted by atomic mass is 10.1. The smallest absolute Gasteiger partial charge is 0.115 e. The van der Waals surface area contributed by atoms with Gasteiger partial charge in [0.25, 0.3) is 0 Å². The molecule has 3 nitrogen and oxygen atoms in total. The van der Waals surface area contributed by atoms with Gasteiger partial charge in [0, 0.05) is 17.4 Å². The van der Waals surface area contributed by atoms with Crippen LogP contribution in [0.15, 0.2) is 46.9 Å². The summed E-state index contributed by atoms with van der Waals surface area (Å²) in [5.74, 6) is 1.36. The lowest BCUT2D eigenvalue weighted by molar-refractivity contribution is 0.475. The lowest BCUT2D eigenvalue weighted by Crippen LogP contribution is -2.04. The van der Waals surface area contributed by atoms with Crippen LogP contribution in [-0.2, 0) is 13.0 Å². The summed E-state index contributed by atoms with van der Waals surface area (Å²) in [5, 5.41) is 9.38. The van der Waals surface area contributed by atoms with Crippen molar-refractivity contribution in [3.63, 3.8) is 0 Å². The summed E-state index contributed by atoms with van der Waals surface area (Å²) in [6.45, 7) is 3.14. The first-order valence-corrected chi connectivity index (χ1v) is 7.89. The molecule has 3 aromatic rings. The van der Waals surface area contributed by atoms with Gasteiger partial charge in [-0.2, -0.15) is 0 Å². The number of fused-ring (bicyclic) bond motifs is 1. The Balaban J connectivity index is 2.03.